The molecule has 2 nitrogen and oxygen atoms in total. The average Bonchev–Trinajstić information content (AvgIpc) is 1.50. The van der Waals surface area contributed by atoms with Crippen LogP contribution >= 0.6 is 0 Å². The fourth-order valence-corrected chi connectivity index (χ4v) is 15.2. The molecular formula is C84H64N2. The summed E-state index contributed by atoms with van der Waals surface area (Å²) in [4.78, 5) is 4.99. The molecule has 0 amide bonds. The van der Waals surface area contributed by atoms with Crippen LogP contribution in [0.25, 0.3) is 54.6 Å². The zero-order valence-corrected chi connectivity index (χ0v) is 48.9. The fraction of sp³-hybridized carbons (Fsp3) is 0.0952. The largest absolute Gasteiger partial charge is 0.310 e. The lowest BCUT2D eigenvalue weighted by molar-refractivity contribution is 0.760. The van der Waals surface area contributed by atoms with Crippen molar-refractivity contribution in [3.8, 4) is 22.3 Å². The predicted molar refractivity (Wildman–Crippen MR) is 362 cm³/mol. The molecule has 0 bridgehead atoms. The van der Waals surface area contributed by atoms with Crippen LogP contribution in [0.4, 0.5) is 34.1 Å². The van der Waals surface area contributed by atoms with E-state index < -0.39 is 10.8 Å². The maximum atomic E-state index is 2.50. The highest BCUT2D eigenvalue weighted by Gasteiger charge is 2.48. The Kier molecular flexibility index (Phi) is 12.1. The highest BCUT2D eigenvalue weighted by Crippen LogP contribution is 2.59. The van der Waals surface area contributed by atoms with E-state index in [2.05, 4.69) is 341 Å². The zero-order valence-electron chi connectivity index (χ0n) is 48.9. The summed E-state index contributed by atoms with van der Waals surface area (Å²) in [7, 11) is 0. The molecule has 2 heteroatoms. The standard InChI is InChI=1S/C84H64N2/c1-55(2)59-23-19-25-61(51-59)83(75-39-15-11-35-69(75)70-36-12-16-40-76(70)83)63-27-21-33-67(53-63)85(65-29-7-5-8-30-65)79-49-45-57-44-48-74-80(50-46-58-43-47-73(79)81(57)82(58)74)86(66-31-9-6-10-32-66)68-34-22-28-64(54-68)84(62-26-20-24-60(52-62)56(3)4)77-41-17-13-37-71(77)72-38-14-18-42-78(72)84/h5-56H,1-4H3. The van der Waals surface area contributed by atoms with Crippen LogP contribution in [0.3, 0.4) is 0 Å². The third-order valence-electron chi connectivity index (χ3n) is 19.1. The summed E-state index contributed by atoms with van der Waals surface area (Å²) in [5.74, 6) is 0.754. The lowest BCUT2D eigenvalue weighted by atomic mass is 9.67. The molecule has 0 fully saturated rings. The molecule has 14 aromatic rings. The number of fused-ring (bicyclic) bond motifs is 6. The summed E-state index contributed by atoms with van der Waals surface area (Å²) in [5.41, 5.74) is 23.6. The van der Waals surface area contributed by atoms with Gasteiger partial charge in [-0.2, -0.15) is 0 Å². The Bertz CT molecular complexity index is 4510. The quantitative estimate of drug-likeness (QED) is 0.113. The van der Waals surface area contributed by atoms with E-state index in [0.29, 0.717) is 11.8 Å². The van der Waals surface area contributed by atoms with Gasteiger partial charge < -0.3 is 9.80 Å². The Morgan fingerprint density at radius 3 is 0.919 bits per heavy atom. The lowest BCUT2D eigenvalue weighted by Crippen LogP contribution is -2.29. The van der Waals surface area contributed by atoms with Gasteiger partial charge in [0.05, 0.1) is 22.2 Å². The van der Waals surface area contributed by atoms with Crippen molar-refractivity contribution >= 4 is 66.4 Å². The zero-order chi connectivity index (χ0) is 57.7. The molecule has 0 radical (unpaired) electrons. The molecule has 86 heavy (non-hydrogen) atoms. The minimum Gasteiger partial charge on any atom is -0.310 e. The molecule has 0 heterocycles. The van der Waals surface area contributed by atoms with Crippen molar-refractivity contribution in [1.82, 2.24) is 0 Å². The lowest BCUT2D eigenvalue weighted by Gasteiger charge is -2.36. The van der Waals surface area contributed by atoms with Crippen LogP contribution in [0.15, 0.2) is 303 Å². The first-order valence-corrected chi connectivity index (χ1v) is 30.5. The number of hydrogen-bond donors (Lipinski definition) is 0. The Balaban J connectivity index is 0.898. The third kappa shape index (κ3) is 7.65. The van der Waals surface area contributed by atoms with E-state index >= 15 is 0 Å². The van der Waals surface area contributed by atoms with E-state index in [1.165, 1.54) is 110 Å². The third-order valence-corrected chi connectivity index (χ3v) is 19.1. The van der Waals surface area contributed by atoms with Crippen LogP contribution in [-0.2, 0) is 10.8 Å². The maximum Gasteiger partial charge on any atom is 0.0714 e. The maximum absolute atomic E-state index is 2.50. The van der Waals surface area contributed by atoms with Crippen LogP contribution < -0.4 is 9.80 Å². The number of para-hydroxylation sites is 2. The topological polar surface area (TPSA) is 6.48 Å². The molecule has 0 N–H and O–H groups in total. The van der Waals surface area contributed by atoms with E-state index in [0.717, 1.165) is 34.1 Å². The van der Waals surface area contributed by atoms with E-state index in [4.69, 9.17) is 0 Å². The second-order valence-electron chi connectivity index (χ2n) is 24.3. The Morgan fingerprint density at radius 1 is 0.256 bits per heavy atom. The molecule has 2 aliphatic carbocycles. The molecule has 0 unspecified atom stereocenters. The van der Waals surface area contributed by atoms with Gasteiger partial charge in [-0.05, 0) is 172 Å². The van der Waals surface area contributed by atoms with Crippen LogP contribution in [0.2, 0.25) is 0 Å². The van der Waals surface area contributed by atoms with Crippen LogP contribution in [-0.4, -0.2) is 0 Å². The summed E-state index contributed by atoms with van der Waals surface area (Å²) in [6.45, 7) is 9.20. The molecular weight excluding hydrogens is 1040 g/mol. The van der Waals surface area contributed by atoms with Crippen LogP contribution in [0, 0.1) is 0 Å². The Hall–Kier alpha value is -10.3. The number of anilines is 6. The summed E-state index contributed by atoms with van der Waals surface area (Å²) in [6, 6.07) is 115. The molecule has 0 aliphatic heterocycles. The van der Waals surface area contributed by atoms with Crippen molar-refractivity contribution in [2.45, 2.75) is 50.4 Å². The first kappa shape index (κ1) is 51.4. The second-order valence-corrected chi connectivity index (χ2v) is 24.3. The molecule has 16 rings (SSSR count). The van der Waals surface area contributed by atoms with Crippen molar-refractivity contribution in [1.29, 1.82) is 0 Å². The average molecular weight is 1100 g/mol. The van der Waals surface area contributed by atoms with Gasteiger partial charge in [0.2, 0.25) is 0 Å². The predicted octanol–water partition coefficient (Wildman–Crippen LogP) is 22.5. The van der Waals surface area contributed by atoms with Gasteiger partial charge in [0, 0.05) is 33.5 Å². The molecule has 0 atom stereocenters. The Labute approximate surface area is 504 Å². The van der Waals surface area contributed by atoms with Gasteiger partial charge in [-0.15, -0.1) is 0 Å². The highest BCUT2D eigenvalue weighted by molar-refractivity contribution is 6.28. The van der Waals surface area contributed by atoms with Gasteiger partial charge in [0.25, 0.3) is 0 Å². The molecule has 0 spiro atoms. The molecule has 14 aromatic carbocycles. The van der Waals surface area contributed by atoms with E-state index in [1.807, 2.05) is 0 Å². The molecule has 0 saturated carbocycles. The van der Waals surface area contributed by atoms with Crippen molar-refractivity contribution in [2.75, 3.05) is 9.80 Å². The van der Waals surface area contributed by atoms with E-state index in [1.54, 1.807) is 0 Å². The molecule has 0 aromatic heterocycles. The van der Waals surface area contributed by atoms with Crippen molar-refractivity contribution in [2.24, 2.45) is 0 Å². The summed E-state index contributed by atoms with van der Waals surface area (Å²) in [5, 5.41) is 7.31. The number of rotatable bonds is 12. The van der Waals surface area contributed by atoms with Crippen LogP contribution in [0.5, 0.6) is 0 Å². The monoisotopic (exact) mass is 1100 g/mol. The van der Waals surface area contributed by atoms with Crippen molar-refractivity contribution in [3.63, 3.8) is 0 Å². The van der Waals surface area contributed by atoms with Crippen molar-refractivity contribution in [3.05, 3.63) is 359 Å². The SMILES string of the molecule is CC(C)c1cccc(C2(c3cccc(N(c4ccccc4)c4ccc5ccc6c(N(c7ccccc7)c7cccc(C8(c9cccc(C(C)C)c9)c9ccccc9-c9ccccc98)c7)ccc7ccc4c5c76)c3)c3ccccc3-c3ccccc32)c1. The Morgan fingerprint density at radius 2 is 0.558 bits per heavy atom. The van der Waals surface area contributed by atoms with Gasteiger partial charge in [-0.25, -0.2) is 0 Å². The number of hydrogen-bond acceptors (Lipinski definition) is 2. The van der Waals surface area contributed by atoms with Crippen LogP contribution in [0.1, 0.15) is 95.2 Å². The molecule has 0 saturated heterocycles. The molecule has 410 valence electrons. The summed E-state index contributed by atoms with van der Waals surface area (Å²) >= 11 is 0. The first-order chi connectivity index (χ1) is 42.3. The fourth-order valence-electron chi connectivity index (χ4n) is 15.2. The summed E-state index contributed by atoms with van der Waals surface area (Å²) in [6.07, 6.45) is 0. The van der Waals surface area contributed by atoms with Gasteiger partial charge in [-0.3, -0.25) is 0 Å². The van der Waals surface area contributed by atoms with Gasteiger partial charge >= 0.3 is 0 Å². The second kappa shape index (κ2) is 20.2. The highest BCUT2D eigenvalue weighted by atomic mass is 15.1. The first-order valence-electron chi connectivity index (χ1n) is 30.5. The normalized spacial score (nSPS) is 13.5. The minimum atomic E-state index is -0.564. The van der Waals surface area contributed by atoms with E-state index in [9.17, 15) is 0 Å². The summed E-state index contributed by atoms with van der Waals surface area (Å²) < 4.78 is 0. The van der Waals surface area contributed by atoms with Gasteiger partial charge in [0.15, 0.2) is 0 Å². The van der Waals surface area contributed by atoms with Gasteiger partial charge in [0.1, 0.15) is 0 Å². The number of nitrogens with zero attached hydrogens (tertiary/aromatic N) is 2. The molecule has 2 aliphatic rings. The van der Waals surface area contributed by atoms with Crippen molar-refractivity contribution < 1.29 is 0 Å². The number of benzene rings is 14. The minimum absolute atomic E-state index is 0.377. The smallest absolute Gasteiger partial charge is 0.0714 e. The van der Waals surface area contributed by atoms with E-state index in [-0.39, 0.29) is 0 Å². The van der Waals surface area contributed by atoms with Gasteiger partial charge in [-0.1, -0.05) is 270 Å².